The van der Waals surface area contributed by atoms with Gasteiger partial charge in [-0.2, -0.15) is 0 Å². The van der Waals surface area contributed by atoms with Gasteiger partial charge in [-0.3, -0.25) is 9.59 Å². The van der Waals surface area contributed by atoms with E-state index in [1.54, 1.807) is 23.3 Å². The van der Waals surface area contributed by atoms with Crippen molar-refractivity contribution >= 4 is 17.5 Å². The molecule has 3 rings (SSSR count). The first-order valence-electron chi connectivity index (χ1n) is 8.97. The van der Waals surface area contributed by atoms with Crippen molar-refractivity contribution in [3.63, 3.8) is 0 Å². The Labute approximate surface area is 153 Å². The molecular weight excluding hydrogens is 332 g/mol. The maximum Gasteiger partial charge on any atom is 0.258 e. The lowest BCUT2D eigenvalue weighted by Gasteiger charge is -2.17. The normalized spacial score (nSPS) is 15.1. The molecule has 0 radical (unpaired) electrons. The van der Waals surface area contributed by atoms with E-state index in [2.05, 4.69) is 5.32 Å². The Kier molecular flexibility index (Phi) is 5.94. The summed E-state index contributed by atoms with van der Waals surface area (Å²) < 4.78 is 10.9. The maximum absolute atomic E-state index is 12.1. The van der Waals surface area contributed by atoms with Gasteiger partial charge in [-0.1, -0.05) is 6.07 Å². The Balaban J connectivity index is 1.44. The number of hydrogen-bond acceptors (Lipinski definition) is 4. The van der Waals surface area contributed by atoms with Gasteiger partial charge in [0.25, 0.3) is 5.91 Å². The second-order valence-electron chi connectivity index (χ2n) is 6.52. The van der Waals surface area contributed by atoms with Crippen molar-refractivity contribution in [1.82, 2.24) is 5.32 Å². The molecule has 6 nitrogen and oxygen atoms in total. The first kappa shape index (κ1) is 18.0. The van der Waals surface area contributed by atoms with Crippen molar-refractivity contribution in [3.05, 3.63) is 48.4 Å². The van der Waals surface area contributed by atoms with Gasteiger partial charge >= 0.3 is 0 Å². The highest BCUT2D eigenvalue weighted by Crippen LogP contribution is 2.25. The highest BCUT2D eigenvalue weighted by molar-refractivity contribution is 5.95. The lowest BCUT2D eigenvalue weighted by molar-refractivity contribution is -0.123. The number of aryl methyl sites for hydroxylation is 1. The number of anilines is 1. The monoisotopic (exact) mass is 356 g/mol. The summed E-state index contributed by atoms with van der Waals surface area (Å²) in [6.45, 7) is 2.64. The van der Waals surface area contributed by atoms with Gasteiger partial charge in [0.05, 0.1) is 6.26 Å². The van der Waals surface area contributed by atoms with Crippen LogP contribution in [-0.2, 0) is 16.0 Å². The minimum absolute atomic E-state index is 0.0322. The minimum atomic E-state index is -0.167. The highest BCUT2D eigenvalue weighted by atomic mass is 16.5. The van der Waals surface area contributed by atoms with Crippen molar-refractivity contribution in [3.8, 4) is 5.75 Å². The molecular formula is C20H24N2O4. The van der Waals surface area contributed by atoms with Gasteiger partial charge in [-0.25, -0.2) is 0 Å². The van der Waals surface area contributed by atoms with Gasteiger partial charge < -0.3 is 19.4 Å². The number of hydrogen-bond donors (Lipinski definition) is 1. The second-order valence-corrected chi connectivity index (χ2v) is 6.52. The lowest BCUT2D eigenvalue weighted by Crippen LogP contribution is -2.36. The smallest absolute Gasteiger partial charge is 0.258 e. The fourth-order valence-corrected chi connectivity index (χ4v) is 3.01. The Morgan fingerprint density at radius 2 is 2.23 bits per heavy atom. The molecule has 0 aliphatic carbocycles. The number of carbonyl (C=O) groups is 2. The molecule has 1 fully saturated rings. The van der Waals surface area contributed by atoms with Crippen LogP contribution < -0.4 is 15.0 Å². The summed E-state index contributed by atoms with van der Waals surface area (Å²) >= 11 is 0. The van der Waals surface area contributed by atoms with Crippen LogP contribution in [0.15, 0.2) is 47.1 Å². The third kappa shape index (κ3) is 4.88. The molecule has 2 heterocycles. The van der Waals surface area contributed by atoms with Gasteiger partial charge in [-0.15, -0.1) is 0 Å². The second kappa shape index (κ2) is 8.56. The average Bonchev–Trinajstić information content (AvgIpc) is 3.30. The van der Waals surface area contributed by atoms with Gasteiger partial charge in [0.2, 0.25) is 5.91 Å². The van der Waals surface area contributed by atoms with Crippen LogP contribution in [0.25, 0.3) is 0 Å². The van der Waals surface area contributed by atoms with E-state index in [1.165, 1.54) is 0 Å². The number of carbonyl (C=O) groups excluding carboxylic acids is 2. The van der Waals surface area contributed by atoms with Crippen LogP contribution in [0.3, 0.4) is 0 Å². The largest absolute Gasteiger partial charge is 0.484 e. The molecule has 0 saturated carbocycles. The molecule has 1 aromatic carbocycles. The third-order valence-electron chi connectivity index (χ3n) is 4.38. The Morgan fingerprint density at radius 3 is 2.96 bits per heavy atom. The van der Waals surface area contributed by atoms with E-state index in [0.29, 0.717) is 12.2 Å². The summed E-state index contributed by atoms with van der Waals surface area (Å²) in [5, 5.41) is 2.92. The van der Waals surface area contributed by atoms with E-state index in [0.717, 1.165) is 37.3 Å². The van der Waals surface area contributed by atoms with Gasteiger partial charge in [0.15, 0.2) is 6.61 Å². The standard InChI is InChI=1S/C20H24N2O4/c1-15(9-10-17-7-4-12-25-17)21-19(23)14-26-18-6-2-5-16(13-18)22-11-3-8-20(22)24/h2,4-7,12-13,15H,3,8-11,14H2,1H3,(H,21,23)/t15-/m0/s1. The number of amides is 2. The molecule has 1 N–H and O–H groups in total. The molecule has 138 valence electrons. The Bertz CT molecular complexity index is 742. The van der Waals surface area contributed by atoms with Crippen molar-refractivity contribution in [2.75, 3.05) is 18.1 Å². The summed E-state index contributed by atoms with van der Waals surface area (Å²) in [6, 6.07) is 11.1. The van der Waals surface area contributed by atoms with Crippen molar-refractivity contribution in [1.29, 1.82) is 0 Å². The first-order chi connectivity index (χ1) is 12.6. The van der Waals surface area contributed by atoms with Gasteiger partial charge in [-0.05, 0) is 44.0 Å². The molecule has 6 heteroatoms. The molecule has 1 aromatic heterocycles. The SMILES string of the molecule is C[C@@H](CCc1ccco1)NC(=O)COc1cccc(N2CCCC2=O)c1. The predicted octanol–water partition coefficient (Wildman–Crippen LogP) is 2.92. The molecule has 1 aliphatic rings. The fraction of sp³-hybridized carbons (Fsp3) is 0.400. The van der Waals surface area contributed by atoms with Crippen LogP contribution in [0.5, 0.6) is 5.75 Å². The zero-order chi connectivity index (χ0) is 18.4. The highest BCUT2D eigenvalue weighted by Gasteiger charge is 2.21. The van der Waals surface area contributed by atoms with E-state index >= 15 is 0 Å². The molecule has 2 aromatic rings. The zero-order valence-electron chi connectivity index (χ0n) is 14.9. The number of nitrogens with one attached hydrogen (secondary N) is 1. The number of benzene rings is 1. The summed E-state index contributed by atoms with van der Waals surface area (Å²) in [5.74, 6) is 1.46. The van der Waals surface area contributed by atoms with Crippen molar-refractivity contribution < 1.29 is 18.7 Å². The van der Waals surface area contributed by atoms with E-state index in [1.807, 2.05) is 31.2 Å². The van der Waals surface area contributed by atoms with E-state index < -0.39 is 0 Å². The van der Waals surface area contributed by atoms with Crippen LogP contribution in [0.4, 0.5) is 5.69 Å². The lowest BCUT2D eigenvalue weighted by atomic mass is 10.1. The van der Waals surface area contributed by atoms with Gasteiger partial charge in [0, 0.05) is 37.2 Å². The number of rotatable bonds is 8. The topological polar surface area (TPSA) is 71.8 Å². The van der Waals surface area contributed by atoms with Crippen LogP contribution in [0.2, 0.25) is 0 Å². The quantitative estimate of drug-likeness (QED) is 0.789. The van der Waals surface area contributed by atoms with E-state index in [9.17, 15) is 9.59 Å². The minimum Gasteiger partial charge on any atom is -0.484 e. The van der Waals surface area contributed by atoms with Crippen LogP contribution in [0, 0.1) is 0 Å². The molecule has 1 atom stereocenters. The number of nitrogens with zero attached hydrogens (tertiary/aromatic N) is 1. The molecule has 0 bridgehead atoms. The number of furan rings is 1. The van der Waals surface area contributed by atoms with Crippen LogP contribution in [-0.4, -0.2) is 31.0 Å². The molecule has 2 amide bonds. The van der Waals surface area contributed by atoms with Crippen LogP contribution in [0.1, 0.15) is 31.9 Å². The molecule has 26 heavy (non-hydrogen) atoms. The van der Waals surface area contributed by atoms with Gasteiger partial charge in [0.1, 0.15) is 11.5 Å². The summed E-state index contributed by atoms with van der Waals surface area (Å²) in [5.41, 5.74) is 0.817. The first-order valence-corrected chi connectivity index (χ1v) is 8.97. The Morgan fingerprint density at radius 1 is 1.35 bits per heavy atom. The molecule has 0 unspecified atom stereocenters. The predicted molar refractivity (Wildman–Crippen MR) is 98.2 cm³/mol. The summed E-state index contributed by atoms with van der Waals surface area (Å²) in [4.78, 5) is 25.6. The summed E-state index contributed by atoms with van der Waals surface area (Å²) in [6.07, 6.45) is 4.69. The summed E-state index contributed by atoms with van der Waals surface area (Å²) in [7, 11) is 0. The molecule has 1 saturated heterocycles. The van der Waals surface area contributed by atoms with E-state index in [-0.39, 0.29) is 24.5 Å². The maximum atomic E-state index is 12.1. The van der Waals surface area contributed by atoms with E-state index in [4.69, 9.17) is 9.15 Å². The molecule has 1 aliphatic heterocycles. The third-order valence-corrected chi connectivity index (χ3v) is 4.38. The average molecular weight is 356 g/mol. The fourth-order valence-electron chi connectivity index (χ4n) is 3.01. The zero-order valence-corrected chi connectivity index (χ0v) is 14.9. The van der Waals surface area contributed by atoms with Crippen molar-refractivity contribution in [2.45, 2.75) is 38.6 Å². The number of ether oxygens (including phenoxy) is 1. The van der Waals surface area contributed by atoms with Crippen molar-refractivity contribution in [2.24, 2.45) is 0 Å². The van der Waals surface area contributed by atoms with Crippen LogP contribution >= 0.6 is 0 Å². The molecule has 0 spiro atoms. The Hall–Kier alpha value is -2.76.